The van der Waals surface area contributed by atoms with E-state index in [9.17, 15) is 9.59 Å². The van der Waals surface area contributed by atoms with Crippen molar-refractivity contribution in [2.45, 2.75) is 32.5 Å². The zero-order valence-electron chi connectivity index (χ0n) is 13.1. The third-order valence-corrected chi connectivity index (χ3v) is 2.46. The highest BCUT2D eigenvalue weighted by Gasteiger charge is 2.17. The van der Waals surface area contributed by atoms with Crippen molar-refractivity contribution in [2.24, 2.45) is 0 Å². The second-order valence-corrected chi connectivity index (χ2v) is 5.69. The van der Waals surface area contributed by atoms with Crippen molar-refractivity contribution < 1.29 is 29.3 Å². The minimum absolute atomic E-state index is 0.142. The molecule has 0 saturated carbocycles. The Morgan fingerprint density at radius 1 is 1.26 bits per heavy atom. The maximum Gasteiger partial charge on any atom is 0.413 e. The van der Waals surface area contributed by atoms with Gasteiger partial charge in [-0.3, -0.25) is 10.7 Å². The highest BCUT2D eigenvalue weighted by atomic mass is 16.6. The lowest BCUT2D eigenvalue weighted by Crippen LogP contribution is -2.36. The summed E-state index contributed by atoms with van der Waals surface area (Å²) < 4.78 is 10.1. The number of nitrogens with one attached hydrogen (secondary N) is 2. The van der Waals surface area contributed by atoms with Crippen molar-refractivity contribution >= 4 is 17.9 Å². The van der Waals surface area contributed by atoms with Gasteiger partial charge in [0.25, 0.3) is 0 Å². The van der Waals surface area contributed by atoms with Gasteiger partial charge >= 0.3 is 12.1 Å². The molecule has 0 heterocycles. The van der Waals surface area contributed by atoms with E-state index in [4.69, 9.17) is 25.1 Å². The second-order valence-electron chi connectivity index (χ2n) is 5.69. The number of aliphatic hydroxyl groups is 1. The van der Waals surface area contributed by atoms with Gasteiger partial charge in [-0.05, 0) is 45.0 Å². The molecule has 8 heteroatoms. The molecular formula is C15H20N2O6. The molecule has 0 aromatic heterocycles. The number of carbonyl (C=O) groups excluding carboxylic acids is 1. The monoisotopic (exact) mass is 324 g/mol. The molecule has 1 amide bonds. The molecule has 0 spiro atoms. The average molecular weight is 324 g/mol. The summed E-state index contributed by atoms with van der Waals surface area (Å²) in [5.41, 5.74) is -0.241. The van der Waals surface area contributed by atoms with Gasteiger partial charge in [0, 0.05) is 5.56 Å². The van der Waals surface area contributed by atoms with Crippen LogP contribution in [0.15, 0.2) is 24.3 Å². The fraction of sp³-hybridized carbons (Fsp3) is 0.400. The van der Waals surface area contributed by atoms with Crippen molar-refractivity contribution in [1.82, 2.24) is 5.32 Å². The Balaban J connectivity index is 2.57. The topological polar surface area (TPSA) is 129 Å². The van der Waals surface area contributed by atoms with E-state index in [1.807, 2.05) is 0 Å². The number of carboxylic acid groups (broad SMARTS) is 1. The first-order valence-corrected chi connectivity index (χ1v) is 6.81. The molecule has 0 radical (unpaired) electrons. The molecule has 1 atom stereocenters. The lowest BCUT2D eigenvalue weighted by molar-refractivity contribution is -0.148. The molecule has 1 rings (SSSR count). The van der Waals surface area contributed by atoms with E-state index in [-0.39, 0.29) is 12.4 Å². The summed E-state index contributed by atoms with van der Waals surface area (Å²) in [6.07, 6.45) is -2.34. The maximum atomic E-state index is 11.6. The van der Waals surface area contributed by atoms with Gasteiger partial charge in [-0.15, -0.1) is 0 Å². The maximum absolute atomic E-state index is 11.6. The summed E-state index contributed by atoms with van der Waals surface area (Å²) in [4.78, 5) is 22.0. The Bertz CT molecular complexity index is 577. The van der Waals surface area contributed by atoms with E-state index >= 15 is 0 Å². The smallest absolute Gasteiger partial charge is 0.413 e. The van der Waals surface area contributed by atoms with Crippen LogP contribution >= 0.6 is 0 Å². The lowest BCUT2D eigenvalue weighted by Gasteiger charge is -2.19. The molecule has 0 aliphatic heterocycles. The number of aliphatic carboxylic acids is 1. The van der Waals surface area contributed by atoms with Crippen LogP contribution in [0.4, 0.5) is 4.79 Å². The van der Waals surface area contributed by atoms with Crippen molar-refractivity contribution in [3.05, 3.63) is 29.8 Å². The molecular weight excluding hydrogens is 304 g/mol. The van der Waals surface area contributed by atoms with E-state index in [1.54, 1.807) is 20.8 Å². The number of rotatable bonds is 5. The quantitative estimate of drug-likeness (QED) is 0.478. The molecule has 1 aromatic carbocycles. The number of hydrogen-bond donors (Lipinski definition) is 4. The Morgan fingerprint density at radius 3 is 2.30 bits per heavy atom. The number of aliphatic hydroxyl groups excluding tert-OH is 1. The Labute approximate surface area is 133 Å². The molecule has 1 aromatic rings. The third kappa shape index (κ3) is 6.79. The zero-order valence-corrected chi connectivity index (χ0v) is 13.1. The fourth-order valence-electron chi connectivity index (χ4n) is 1.44. The summed E-state index contributed by atoms with van der Waals surface area (Å²) >= 11 is 0. The van der Waals surface area contributed by atoms with Gasteiger partial charge in [-0.1, -0.05) is 0 Å². The first-order valence-electron chi connectivity index (χ1n) is 6.81. The molecule has 0 aliphatic rings. The van der Waals surface area contributed by atoms with Gasteiger partial charge in [-0.25, -0.2) is 9.59 Å². The van der Waals surface area contributed by atoms with Crippen LogP contribution in [-0.4, -0.2) is 46.4 Å². The highest BCUT2D eigenvalue weighted by molar-refractivity contribution is 6.04. The minimum atomic E-state index is -1.61. The van der Waals surface area contributed by atoms with Crippen LogP contribution in [0, 0.1) is 5.41 Å². The number of carbonyl (C=O) groups is 2. The number of benzene rings is 1. The van der Waals surface area contributed by atoms with Crippen LogP contribution in [-0.2, 0) is 9.53 Å². The summed E-state index contributed by atoms with van der Waals surface area (Å²) in [5, 5.41) is 27.7. The number of ether oxygens (including phenoxy) is 2. The SMILES string of the molecule is CC(C)(C)OC(=O)NC(=N)c1ccc(OCC(O)C(=O)O)cc1. The minimum Gasteiger partial charge on any atom is -0.490 e. The molecule has 4 N–H and O–H groups in total. The van der Waals surface area contributed by atoms with Gasteiger partial charge in [0.05, 0.1) is 0 Å². The molecule has 1 unspecified atom stereocenters. The fourth-order valence-corrected chi connectivity index (χ4v) is 1.44. The Morgan fingerprint density at radius 2 is 1.83 bits per heavy atom. The third-order valence-electron chi connectivity index (χ3n) is 2.46. The predicted molar refractivity (Wildman–Crippen MR) is 81.8 cm³/mol. The second kappa shape index (κ2) is 7.59. The van der Waals surface area contributed by atoms with Crippen LogP contribution in [0.1, 0.15) is 26.3 Å². The largest absolute Gasteiger partial charge is 0.490 e. The van der Waals surface area contributed by atoms with E-state index in [1.165, 1.54) is 24.3 Å². The summed E-state index contributed by atoms with van der Waals surface area (Å²) in [5.74, 6) is -1.18. The lowest BCUT2D eigenvalue weighted by atomic mass is 10.2. The highest BCUT2D eigenvalue weighted by Crippen LogP contribution is 2.13. The van der Waals surface area contributed by atoms with Gasteiger partial charge in [0.1, 0.15) is 23.8 Å². The van der Waals surface area contributed by atoms with Gasteiger partial charge in [-0.2, -0.15) is 0 Å². The number of hydrogen-bond acceptors (Lipinski definition) is 6. The van der Waals surface area contributed by atoms with Crippen molar-refractivity contribution in [1.29, 1.82) is 5.41 Å². The molecule has 0 saturated heterocycles. The molecule has 8 nitrogen and oxygen atoms in total. The van der Waals surface area contributed by atoms with Crippen LogP contribution in [0.5, 0.6) is 5.75 Å². The van der Waals surface area contributed by atoms with Gasteiger partial charge in [0.15, 0.2) is 6.10 Å². The molecule has 0 bridgehead atoms. The van der Waals surface area contributed by atoms with Crippen molar-refractivity contribution in [3.63, 3.8) is 0 Å². The van der Waals surface area contributed by atoms with Crippen LogP contribution in [0.2, 0.25) is 0 Å². The van der Waals surface area contributed by atoms with Crippen molar-refractivity contribution in [3.8, 4) is 5.75 Å². The zero-order chi connectivity index (χ0) is 17.6. The number of alkyl carbamates (subject to hydrolysis) is 1. The molecule has 0 aliphatic carbocycles. The number of amides is 1. The van der Waals surface area contributed by atoms with E-state index in [0.717, 1.165) is 0 Å². The van der Waals surface area contributed by atoms with Crippen molar-refractivity contribution in [2.75, 3.05) is 6.61 Å². The van der Waals surface area contributed by atoms with Crippen LogP contribution in [0.3, 0.4) is 0 Å². The van der Waals surface area contributed by atoms with E-state index < -0.39 is 23.8 Å². The van der Waals surface area contributed by atoms with Gasteiger partial charge in [0.2, 0.25) is 0 Å². The average Bonchev–Trinajstić information content (AvgIpc) is 2.42. The number of carboxylic acids is 1. The normalized spacial score (nSPS) is 12.2. The first kappa shape index (κ1) is 18.4. The summed E-state index contributed by atoms with van der Waals surface area (Å²) in [7, 11) is 0. The van der Waals surface area contributed by atoms with Gasteiger partial charge < -0.3 is 19.7 Å². The Hall–Kier alpha value is -2.61. The van der Waals surface area contributed by atoms with E-state index in [2.05, 4.69) is 5.32 Å². The molecule has 0 fully saturated rings. The first-order chi connectivity index (χ1) is 10.6. The predicted octanol–water partition coefficient (Wildman–Crippen LogP) is 1.36. The molecule has 23 heavy (non-hydrogen) atoms. The number of amidine groups is 1. The van der Waals surface area contributed by atoms with E-state index in [0.29, 0.717) is 11.3 Å². The summed E-state index contributed by atoms with van der Waals surface area (Å²) in [6, 6.07) is 6.02. The molecule has 126 valence electrons. The Kier molecular flexibility index (Phi) is 6.09. The van der Waals surface area contributed by atoms with Crippen LogP contribution in [0.25, 0.3) is 0 Å². The van der Waals surface area contributed by atoms with Crippen LogP contribution < -0.4 is 10.1 Å². The summed E-state index contributed by atoms with van der Waals surface area (Å²) in [6.45, 7) is 4.76. The standard InChI is InChI=1S/C15H20N2O6/c1-15(2,3)23-14(21)17-12(16)9-4-6-10(7-5-9)22-8-11(18)13(19)20/h4-7,11,18H,8H2,1-3H3,(H,19,20)(H2,16,17,21).